The highest BCUT2D eigenvalue weighted by Gasteiger charge is 2.19. The first-order valence-corrected chi connectivity index (χ1v) is 7.63. The van der Waals surface area contributed by atoms with Crippen molar-refractivity contribution in [3.63, 3.8) is 0 Å². The smallest absolute Gasteiger partial charge is 0.270 e. The molecular weight excluding hydrogens is 307 g/mol. The van der Waals surface area contributed by atoms with Crippen LogP contribution < -0.4 is 4.74 Å². The van der Waals surface area contributed by atoms with Crippen molar-refractivity contribution < 1.29 is 13.9 Å². The van der Waals surface area contributed by atoms with Gasteiger partial charge >= 0.3 is 0 Å². The second-order valence-corrected chi connectivity index (χ2v) is 5.77. The number of ether oxygens (including phenoxy) is 1. The lowest BCUT2D eigenvalue weighted by Crippen LogP contribution is -2.27. The van der Waals surface area contributed by atoms with Crippen molar-refractivity contribution in [1.29, 1.82) is 0 Å². The molecule has 0 N–H and O–H groups in total. The van der Waals surface area contributed by atoms with Crippen LogP contribution in [-0.2, 0) is 13.6 Å². The van der Waals surface area contributed by atoms with Gasteiger partial charge in [-0.1, -0.05) is 18.2 Å². The molecule has 3 aromatic rings. The fourth-order valence-electron chi connectivity index (χ4n) is 2.85. The third-order valence-electron chi connectivity index (χ3n) is 4.17. The molecule has 4 nitrogen and oxygen atoms in total. The summed E-state index contributed by atoms with van der Waals surface area (Å²) in [5.41, 5.74) is 2.40. The monoisotopic (exact) mass is 326 g/mol. The predicted molar refractivity (Wildman–Crippen MR) is 91.7 cm³/mol. The van der Waals surface area contributed by atoms with Crippen molar-refractivity contribution >= 4 is 16.8 Å². The highest BCUT2D eigenvalue weighted by Crippen LogP contribution is 2.28. The zero-order chi connectivity index (χ0) is 17.3. The van der Waals surface area contributed by atoms with Gasteiger partial charge in [0.05, 0.1) is 12.6 Å². The Morgan fingerprint density at radius 3 is 2.58 bits per heavy atom. The zero-order valence-corrected chi connectivity index (χ0v) is 13.9. The summed E-state index contributed by atoms with van der Waals surface area (Å²) in [5, 5.41) is 0.904. The van der Waals surface area contributed by atoms with Gasteiger partial charge in [-0.2, -0.15) is 0 Å². The number of benzene rings is 2. The molecule has 0 bridgehead atoms. The minimum absolute atomic E-state index is 0.0971. The van der Waals surface area contributed by atoms with E-state index in [1.54, 1.807) is 31.2 Å². The first kappa shape index (κ1) is 16.1. The first-order chi connectivity index (χ1) is 11.5. The standard InChI is InChI=1S/C19H19FN2O2/c1-21(12-13-7-9-14(20)10-8-13)19(23)17-11-15-16(22(17)2)5-4-6-18(15)24-3/h4-11H,12H2,1-3H3. The van der Waals surface area contributed by atoms with Gasteiger partial charge in [0, 0.05) is 26.0 Å². The van der Waals surface area contributed by atoms with Crippen LogP contribution >= 0.6 is 0 Å². The average Bonchev–Trinajstić information content (AvgIpc) is 2.93. The maximum Gasteiger partial charge on any atom is 0.270 e. The van der Waals surface area contributed by atoms with E-state index in [1.807, 2.05) is 35.9 Å². The summed E-state index contributed by atoms with van der Waals surface area (Å²) in [6.45, 7) is 0.414. The molecule has 0 saturated heterocycles. The Morgan fingerprint density at radius 1 is 1.21 bits per heavy atom. The van der Waals surface area contributed by atoms with E-state index < -0.39 is 0 Å². The van der Waals surface area contributed by atoms with Gasteiger partial charge in [0.15, 0.2) is 0 Å². The Balaban J connectivity index is 1.90. The maximum atomic E-state index is 13.0. The molecule has 0 spiro atoms. The quantitative estimate of drug-likeness (QED) is 0.734. The minimum atomic E-state index is -0.284. The van der Waals surface area contributed by atoms with Crippen LogP contribution in [0.1, 0.15) is 16.1 Å². The summed E-state index contributed by atoms with van der Waals surface area (Å²) >= 11 is 0. The number of hydrogen-bond donors (Lipinski definition) is 0. The van der Waals surface area contributed by atoms with Crippen molar-refractivity contribution in [2.45, 2.75) is 6.54 Å². The van der Waals surface area contributed by atoms with E-state index in [0.717, 1.165) is 22.2 Å². The highest BCUT2D eigenvalue weighted by atomic mass is 19.1. The normalized spacial score (nSPS) is 10.8. The Morgan fingerprint density at radius 2 is 1.92 bits per heavy atom. The number of hydrogen-bond acceptors (Lipinski definition) is 2. The lowest BCUT2D eigenvalue weighted by molar-refractivity contribution is 0.0776. The fraction of sp³-hybridized carbons (Fsp3) is 0.211. The molecule has 124 valence electrons. The van der Waals surface area contributed by atoms with Crippen molar-refractivity contribution in [1.82, 2.24) is 9.47 Å². The van der Waals surface area contributed by atoms with Gasteiger partial charge in [-0.25, -0.2) is 4.39 Å². The van der Waals surface area contributed by atoms with E-state index in [9.17, 15) is 9.18 Å². The molecule has 0 unspecified atom stereocenters. The van der Waals surface area contributed by atoms with E-state index >= 15 is 0 Å². The van der Waals surface area contributed by atoms with Gasteiger partial charge in [0.1, 0.15) is 17.3 Å². The number of methoxy groups -OCH3 is 1. The van der Waals surface area contributed by atoms with Gasteiger partial charge in [0.25, 0.3) is 5.91 Å². The number of aryl methyl sites for hydroxylation is 1. The molecule has 1 heterocycles. The van der Waals surface area contributed by atoms with E-state index in [-0.39, 0.29) is 11.7 Å². The van der Waals surface area contributed by atoms with Gasteiger partial charge in [-0.3, -0.25) is 4.79 Å². The second-order valence-electron chi connectivity index (χ2n) is 5.77. The molecule has 1 amide bonds. The van der Waals surface area contributed by atoms with Crippen LogP contribution in [0.5, 0.6) is 5.75 Å². The number of halogens is 1. The molecule has 1 aromatic heterocycles. The highest BCUT2D eigenvalue weighted by molar-refractivity contribution is 6.00. The molecule has 0 aliphatic carbocycles. The second kappa shape index (κ2) is 6.35. The number of fused-ring (bicyclic) bond motifs is 1. The Hall–Kier alpha value is -2.82. The minimum Gasteiger partial charge on any atom is -0.496 e. The van der Waals surface area contributed by atoms with Crippen LogP contribution in [0.4, 0.5) is 4.39 Å². The van der Waals surface area contributed by atoms with E-state index in [4.69, 9.17) is 4.74 Å². The summed E-state index contributed by atoms with van der Waals surface area (Å²) in [4.78, 5) is 14.4. The third kappa shape index (κ3) is 2.85. The topological polar surface area (TPSA) is 34.5 Å². The van der Waals surface area contributed by atoms with Crippen molar-refractivity contribution in [2.75, 3.05) is 14.2 Å². The summed E-state index contributed by atoms with van der Waals surface area (Å²) in [6, 6.07) is 13.7. The molecule has 0 atom stereocenters. The summed E-state index contributed by atoms with van der Waals surface area (Å²) in [5.74, 6) is 0.358. The molecule has 0 saturated carbocycles. The summed E-state index contributed by atoms with van der Waals surface area (Å²) in [7, 11) is 5.21. The molecule has 5 heteroatoms. The Bertz CT molecular complexity index is 884. The molecule has 0 radical (unpaired) electrons. The molecule has 0 fully saturated rings. The van der Waals surface area contributed by atoms with E-state index in [1.165, 1.54) is 12.1 Å². The number of aromatic nitrogens is 1. The van der Waals surface area contributed by atoms with Crippen molar-refractivity contribution in [3.8, 4) is 5.75 Å². The molecule has 0 aliphatic rings. The number of carbonyl (C=O) groups excluding carboxylic acids is 1. The van der Waals surface area contributed by atoms with Gasteiger partial charge in [-0.05, 0) is 35.9 Å². The van der Waals surface area contributed by atoms with Gasteiger partial charge in [0.2, 0.25) is 0 Å². The Labute approximate surface area is 140 Å². The molecule has 3 rings (SSSR count). The van der Waals surface area contributed by atoms with Crippen LogP contribution in [0.15, 0.2) is 48.5 Å². The van der Waals surface area contributed by atoms with Crippen molar-refractivity contribution in [3.05, 3.63) is 65.6 Å². The number of amides is 1. The SMILES string of the molecule is COc1cccc2c1cc(C(=O)N(C)Cc1ccc(F)cc1)n2C. The zero-order valence-electron chi connectivity index (χ0n) is 13.9. The lowest BCUT2D eigenvalue weighted by Gasteiger charge is -2.17. The molecule has 2 aromatic carbocycles. The average molecular weight is 326 g/mol. The van der Waals surface area contributed by atoms with Gasteiger partial charge in [-0.15, -0.1) is 0 Å². The van der Waals surface area contributed by atoms with Crippen LogP contribution in [0.2, 0.25) is 0 Å². The number of rotatable bonds is 4. The number of carbonyl (C=O) groups is 1. The molecular formula is C19H19FN2O2. The fourth-order valence-corrected chi connectivity index (χ4v) is 2.85. The van der Waals surface area contributed by atoms with Crippen LogP contribution in [-0.4, -0.2) is 29.5 Å². The summed E-state index contributed by atoms with van der Waals surface area (Å²) < 4.78 is 20.2. The Kier molecular flexibility index (Phi) is 4.25. The first-order valence-electron chi connectivity index (χ1n) is 7.63. The maximum absolute atomic E-state index is 13.0. The van der Waals surface area contributed by atoms with Crippen LogP contribution in [0.25, 0.3) is 10.9 Å². The van der Waals surface area contributed by atoms with Crippen LogP contribution in [0.3, 0.4) is 0 Å². The molecule has 24 heavy (non-hydrogen) atoms. The van der Waals surface area contributed by atoms with E-state index in [2.05, 4.69) is 0 Å². The van der Waals surface area contributed by atoms with Crippen molar-refractivity contribution in [2.24, 2.45) is 7.05 Å². The van der Waals surface area contributed by atoms with Crippen LogP contribution in [0, 0.1) is 5.82 Å². The predicted octanol–water partition coefficient (Wildman–Crippen LogP) is 3.60. The third-order valence-corrected chi connectivity index (χ3v) is 4.17. The van der Waals surface area contributed by atoms with Gasteiger partial charge < -0.3 is 14.2 Å². The van der Waals surface area contributed by atoms with E-state index in [0.29, 0.717) is 12.2 Å². The lowest BCUT2D eigenvalue weighted by atomic mass is 10.2. The summed E-state index contributed by atoms with van der Waals surface area (Å²) in [6.07, 6.45) is 0. The molecule has 0 aliphatic heterocycles. The number of nitrogens with zero attached hydrogens (tertiary/aromatic N) is 2. The largest absolute Gasteiger partial charge is 0.496 e.